The zero-order valence-corrected chi connectivity index (χ0v) is 14.7. The highest BCUT2D eigenvalue weighted by Crippen LogP contribution is 2.27. The zero-order chi connectivity index (χ0) is 19.4. The molecule has 0 saturated heterocycles. The third-order valence-corrected chi connectivity index (χ3v) is 5.04. The largest absolute Gasteiger partial charge is 0.285 e. The van der Waals surface area contributed by atoms with Crippen LogP contribution in [0.3, 0.4) is 0 Å². The predicted octanol–water partition coefficient (Wildman–Crippen LogP) is 2.29. The molecule has 9 nitrogen and oxygen atoms in total. The van der Waals surface area contributed by atoms with E-state index in [9.17, 15) is 18.5 Å². The van der Waals surface area contributed by atoms with Crippen LogP contribution < -0.4 is 0 Å². The number of hydrogen-bond acceptors (Lipinski definition) is 7. The lowest BCUT2D eigenvalue weighted by atomic mass is 10.2. The molecule has 0 unspecified atom stereocenters. The fraction of sp³-hybridized carbons (Fsp3) is 0.118. The van der Waals surface area contributed by atoms with Crippen LogP contribution >= 0.6 is 0 Å². The van der Waals surface area contributed by atoms with Crippen LogP contribution in [0.25, 0.3) is 0 Å². The third kappa shape index (κ3) is 3.83. The normalized spacial score (nSPS) is 14.4. The fourth-order valence-corrected chi connectivity index (χ4v) is 3.71. The Bertz CT molecular complexity index is 1100. The third-order valence-electron chi connectivity index (χ3n) is 3.72. The van der Waals surface area contributed by atoms with Crippen molar-refractivity contribution >= 4 is 27.8 Å². The van der Waals surface area contributed by atoms with Gasteiger partial charge in [-0.2, -0.15) is 18.8 Å². The van der Waals surface area contributed by atoms with E-state index in [4.69, 9.17) is 5.26 Å². The quantitative estimate of drug-likeness (QED) is 0.442. The lowest BCUT2D eigenvalue weighted by Crippen LogP contribution is -2.27. The Labute approximate surface area is 155 Å². The molecule has 0 atom stereocenters. The van der Waals surface area contributed by atoms with Crippen molar-refractivity contribution < 1.29 is 13.3 Å². The summed E-state index contributed by atoms with van der Waals surface area (Å²) in [6, 6.07) is 14.2. The molecular formula is C17H13N5O4S. The Morgan fingerprint density at radius 2 is 2.04 bits per heavy atom. The van der Waals surface area contributed by atoms with Gasteiger partial charge in [0, 0.05) is 23.3 Å². The molecule has 1 aliphatic heterocycles. The first-order valence-corrected chi connectivity index (χ1v) is 9.24. The number of hydrazone groups is 1. The smallest absolute Gasteiger partial charge is 0.258 e. The van der Waals surface area contributed by atoms with E-state index in [0.29, 0.717) is 11.1 Å². The second-order valence-electron chi connectivity index (χ2n) is 5.51. The number of nitro groups is 1. The first kappa shape index (κ1) is 18.2. The van der Waals surface area contributed by atoms with E-state index in [2.05, 4.69) is 9.50 Å². The Kier molecular flexibility index (Phi) is 4.96. The molecule has 0 amide bonds. The van der Waals surface area contributed by atoms with Crippen LogP contribution in [-0.2, 0) is 10.0 Å². The Balaban J connectivity index is 1.98. The topological polar surface area (TPSA) is 129 Å². The van der Waals surface area contributed by atoms with E-state index in [1.807, 2.05) is 6.07 Å². The average Bonchev–Trinajstić information content (AvgIpc) is 2.93. The molecule has 0 aliphatic carbocycles. The molecule has 2 aromatic carbocycles. The van der Waals surface area contributed by atoms with Crippen molar-refractivity contribution in [1.82, 2.24) is 5.01 Å². The SMILES string of the molecule is N#CCCN(N=Cc1cccc([N+](=O)[O-])c1)C1=NS(=O)(=O)c2ccccc21. The van der Waals surface area contributed by atoms with Gasteiger partial charge in [0.05, 0.1) is 30.2 Å². The minimum Gasteiger partial charge on any atom is -0.258 e. The standard InChI is InChI=1S/C17H13N5O4S/c18-9-4-10-21(19-12-13-5-3-6-14(11-13)22(23)24)17-15-7-1-2-8-16(15)27(25,26)20-17/h1-3,5-8,11-12H,4,10H2. The van der Waals surface area contributed by atoms with E-state index in [1.54, 1.807) is 24.3 Å². The van der Waals surface area contributed by atoms with E-state index in [0.717, 1.165) is 0 Å². The van der Waals surface area contributed by atoms with Crippen molar-refractivity contribution in [3.63, 3.8) is 0 Å². The number of benzene rings is 2. The highest BCUT2D eigenvalue weighted by molar-refractivity contribution is 7.90. The number of nitrogens with zero attached hydrogens (tertiary/aromatic N) is 5. The summed E-state index contributed by atoms with van der Waals surface area (Å²) >= 11 is 0. The molecule has 2 aromatic rings. The lowest BCUT2D eigenvalue weighted by molar-refractivity contribution is -0.384. The Hall–Kier alpha value is -3.58. The maximum absolute atomic E-state index is 12.2. The molecule has 1 heterocycles. The molecule has 10 heteroatoms. The molecule has 0 aromatic heterocycles. The lowest BCUT2D eigenvalue weighted by Gasteiger charge is -2.17. The number of hydrogen-bond donors (Lipinski definition) is 0. The van der Waals surface area contributed by atoms with Gasteiger partial charge >= 0.3 is 0 Å². The first-order chi connectivity index (χ1) is 12.9. The first-order valence-electron chi connectivity index (χ1n) is 7.79. The van der Waals surface area contributed by atoms with Gasteiger partial charge in [-0.05, 0) is 12.1 Å². The van der Waals surface area contributed by atoms with Crippen molar-refractivity contribution in [3.8, 4) is 6.07 Å². The Morgan fingerprint density at radius 3 is 2.78 bits per heavy atom. The molecule has 0 radical (unpaired) electrons. The van der Waals surface area contributed by atoms with Crippen LogP contribution in [0.2, 0.25) is 0 Å². The number of sulfonamides is 1. The molecule has 0 fully saturated rings. The molecule has 0 spiro atoms. The number of fused-ring (bicyclic) bond motifs is 1. The van der Waals surface area contributed by atoms with Gasteiger partial charge in [-0.1, -0.05) is 24.3 Å². The van der Waals surface area contributed by atoms with Gasteiger partial charge in [0.2, 0.25) is 0 Å². The summed E-state index contributed by atoms with van der Waals surface area (Å²) < 4.78 is 28.2. The molecule has 0 saturated carbocycles. The molecule has 136 valence electrons. The minimum absolute atomic E-state index is 0.0764. The zero-order valence-electron chi connectivity index (χ0n) is 13.9. The van der Waals surface area contributed by atoms with Gasteiger partial charge < -0.3 is 0 Å². The van der Waals surface area contributed by atoms with Crippen molar-refractivity contribution in [2.75, 3.05) is 6.54 Å². The average molecular weight is 383 g/mol. The molecule has 1 aliphatic rings. The Morgan fingerprint density at radius 1 is 1.26 bits per heavy atom. The van der Waals surface area contributed by atoms with E-state index >= 15 is 0 Å². The highest BCUT2D eigenvalue weighted by Gasteiger charge is 2.31. The predicted molar refractivity (Wildman–Crippen MR) is 97.8 cm³/mol. The van der Waals surface area contributed by atoms with E-state index in [1.165, 1.54) is 35.5 Å². The molecule has 27 heavy (non-hydrogen) atoms. The van der Waals surface area contributed by atoms with Gasteiger partial charge in [0.15, 0.2) is 5.84 Å². The fourth-order valence-electron chi connectivity index (χ4n) is 2.50. The van der Waals surface area contributed by atoms with Crippen molar-refractivity contribution in [1.29, 1.82) is 5.26 Å². The van der Waals surface area contributed by atoms with Crippen LogP contribution in [0, 0.1) is 21.4 Å². The monoisotopic (exact) mass is 383 g/mol. The second-order valence-corrected chi connectivity index (χ2v) is 7.09. The van der Waals surface area contributed by atoms with Gasteiger partial charge in [-0.25, -0.2) is 5.01 Å². The summed E-state index contributed by atoms with van der Waals surface area (Å²) in [5, 5.41) is 25.3. The maximum Gasteiger partial charge on any atom is 0.285 e. The van der Waals surface area contributed by atoms with Crippen molar-refractivity contribution in [3.05, 3.63) is 69.8 Å². The number of non-ortho nitro benzene ring substituents is 1. The van der Waals surface area contributed by atoms with Crippen LogP contribution in [0.4, 0.5) is 5.69 Å². The number of amidine groups is 1. The van der Waals surface area contributed by atoms with Crippen molar-refractivity contribution in [2.45, 2.75) is 11.3 Å². The summed E-state index contributed by atoms with van der Waals surface area (Å²) in [6.45, 7) is 0.116. The second kappa shape index (κ2) is 7.35. The molecule has 0 N–H and O–H groups in total. The highest BCUT2D eigenvalue weighted by atomic mass is 32.2. The van der Waals surface area contributed by atoms with Crippen LogP contribution in [0.5, 0.6) is 0 Å². The van der Waals surface area contributed by atoms with Gasteiger partial charge in [-0.15, -0.1) is 4.40 Å². The number of nitro benzene ring substituents is 1. The van der Waals surface area contributed by atoms with Crippen LogP contribution in [0.1, 0.15) is 17.5 Å². The number of rotatable bonds is 5. The maximum atomic E-state index is 12.2. The number of nitriles is 1. The van der Waals surface area contributed by atoms with E-state index < -0.39 is 14.9 Å². The van der Waals surface area contributed by atoms with Gasteiger partial charge in [0.1, 0.15) is 4.90 Å². The molecular weight excluding hydrogens is 370 g/mol. The van der Waals surface area contributed by atoms with E-state index in [-0.39, 0.29) is 29.4 Å². The van der Waals surface area contributed by atoms with Gasteiger partial charge in [0.25, 0.3) is 15.7 Å². The van der Waals surface area contributed by atoms with Gasteiger partial charge in [-0.3, -0.25) is 10.1 Å². The summed E-state index contributed by atoms with van der Waals surface area (Å²) in [5.74, 6) is 0.113. The summed E-state index contributed by atoms with van der Waals surface area (Å²) in [7, 11) is -3.83. The summed E-state index contributed by atoms with van der Waals surface area (Å²) in [4.78, 5) is 10.4. The van der Waals surface area contributed by atoms with Crippen molar-refractivity contribution in [2.24, 2.45) is 9.50 Å². The summed E-state index contributed by atoms with van der Waals surface area (Å²) in [6.07, 6.45) is 1.45. The molecule has 3 rings (SSSR count). The minimum atomic E-state index is -3.83. The van der Waals surface area contributed by atoms with Crippen LogP contribution in [-0.4, -0.2) is 36.9 Å². The molecule has 0 bridgehead atoms. The summed E-state index contributed by atoms with van der Waals surface area (Å²) in [5.41, 5.74) is 0.765. The van der Waals surface area contributed by atoms with Crippen LogP contribution in [0.15, 0.2) is 62.9 Å².